The van der Waals surface area contributed by atoms with Gasteiger partial charge in [-0.2, -0.15) is 0 Å². The lowest BCUT2D eigenvalue weighted by molar-refractivity contribution is -0.132. The van der Waals surface area contributed by atoms with Gasteiger partial charge in [0.25, 0.3) is 0 Å². The summed E-state index contributed by atoms with van der Waals surface area (Å²) in [5.41, 5.74) is 0. The fourth-order valence-corrected chi connectivity index (χ4v) is 5.52. The van der Waals surface area contributed by atoms with Gasteiger partial charge in [0.2, 0.25) is 5.91 Å². The first-order chi connectivity index (χ1) is 20.5. The summed E-state index contributed by atoms with van der Waals surface area (Å²) < 4.78 is 0. The maximum Gasteiger partial charge on any atom is 0.249 e. The Morgan fingerprint density at radius 1 is 0.571 bits per heavy atom. The van der Waals surface area contributed by atoms with E-state index in [-0.39, 0.29) is 0 Å². The molecule has 0 aromatic rings. The van der Waals surface area contributed by atoms with Crippen molar-refractivity contribution in [1.82, 2.24) is 5.32 Å². The first kappa shape index (κ1) is 41.0. The van der Waals surface area contributed by atoms with Crippen LogP contribution in [0.2, 0.25) is 0 Å². The van der Waals surface area contributed by atoms with E-state index in [9.17, 15) is 25.2 Å². The Hall–Kier alpha value is -0.950. The smallest absolute Gasteiger partial charge is 0.249 e. The molecule has 5 N–H and O–H groups in total. The van der Waals surface area contributed by atoms with Gasteiger partial charge in [-0.25, -0.2) is 0 Å². The van der Waals surface area contributed by atoms with Gasteiger partial charge < -0.3 is 25.7 Å². The Morgan fingerprint density at radius 3 is 1.43 bits per heavy atom. The van der Waals surface area contributed by atoms with Crippen molar-refractivity contribution in [3.05, 3.63) is 12.2 Å². The number of hydrogen-bond donors (Lipinski definition) is 5. The molecule has 42 heavy (non-hydrogen) atoms. The number of allylic oxidation sites excluding steroid dienone is 2. The number of unbranched alkanes of at least 4 members (excludes halogenated alkanes) is 21. The fraction of sp³-hybridized carbons (Fsp3) is 0.917. The molecule has 0 radical (unpaired) electrons. The van der Waals surface area contributed by atoms with Crippen LogP contribution in [0.4, 0.5) is 0 Å². The number of rotatable bonds is 32. The minimum Gasteiger partial charge on any atom is -0.394 e. The maximum atomic E-state index is 12.4. The molecule has 6 heteroatoms. The molecule has 0 spiro atoms. The molecule has 0 saturated carbocycles. The second-order valence-electron chi connectivity index (χ2n) is 12.6. The van der Waals surface area contributed by atoms with Crippen LogP contribution in [-0.2, 0) is 4.79 Å². The predicted molar refractivity (Wildman–Crippen MR) is 178 cm³/mol. The molecule has 250 valence electrons. The highest BCUT2D eigenvalue weighted by Crippen LogP contribution is 2.15. The van der Waals surface area contributed by atoms with Gasteiger partial charge in [0.15, 0.2) is 0 Å². The number of aliphatic hydroxyl groups is 4. The van der Waals surface area contributed by atoms with Gasteiger partial charge in [0, 0.05) is 0 Å². The van der Waals surface area contributed by atoms with Crippen molar-refractivity contribution in [3.8, 4) is 0 Å². The van der Waals surface area contributed by atoms with Gasteiger partial charge in [-0.3, -0.25) is 4.79 Å². The van der Waals surface area contributed by atoms with E-state index in [2.05, 4.69) is 31.3 Å². The Bertz CT molecular complexity index is 599. The van der Waals surface area contributed by atoms with Gasteiger partial charge in [-0.1, -0.05) is 154 Å². The van der Waals surface area contributed by atoms with Crippen molar-refractivity contribution in [1.29, 1.82) is 0 Å². The molecule has 4 atom stereocenters. The monoisotopic (exact) mass is 598 g/mol. The van der Waals surface area contributed by atoms with E-state index in [0.29, 0.717) is 12.8 Å². The molecule has 0 aromatic heterocycles. The standard InChI is InChI=1S/C36H71NO5/c1-3-5-7-9-11-13-14-15-16-17-18-19-20-21-22-24-26-28-30-34(40)36(42)37-32(31-38)35(41)33(39)29-27-25-23-12-10-8-6-4-2/h12,23,32-35,38-41H,3-11,13-22,24-31H2,1-2H3,(H,37,42)/b23-12+. The maximum absolute atomic E-state index is 12.4. The molecule has 0 aliphatic heterocycles. The molecule has 0 aliphatic carbocycles. The van der Waals surface area contributed by atoms with E-state index >= 15 is 0 Å². The molecule has 0 saturated heterocycles. The van der Waals surface area contributed by atoms with Crippen LogP contribution in [0, 0.1) is 0 Å². The van der Waals surface area contributed by atoms with Crippen LogP contribution in [0.3, 0.4) is 0 Å². The SMILES string of the molecule is CCCCC/C=C/CCCC(O)C(O)C(CO)NC(=O)C(O)CCCCCCCCCCCCCCCCCCCC. The molecule has 0 fully saturated rings. The lowest BCUT2D eigenvalue weighted by atomic mass is 10.00. The molecule has 0 aliphatic rings. The van der Waals surface area contributed by atoms with Crippen molar-refractivity contribution in [2.75, 3.05) is 6.61 Å². The van der Waals surface area contributed by atoms with Crippen LogP contribution >= 0.6 is 0 Å². The summed E-state index contributed by atoms with van der Waals surface area (Å²) in [6.07, 6.45) is 31.1. The van der Waals surface area contributed by atoms with Crippen LogP contribution in [0.15, 0.2) is 12.2 Å². The normalized spacial score (nSPS) is 14.7. The highest BCUT2D eigenvalue weighted by molar-refractivity contribution is 5.80. The van der Waals surface area contributed by atoms with Crippen LogP contribution in [0.1, 0.15) is 181 Å². The van der Waals surface area contributed by atoms with E-state index in [0.717, 1.165) is 38.5 Å². The summed E-state index contributed by atoms with van der Waals surface area (Å²) >= 11 is 0. The van der Waals surface area contributed by atoms with E-state index in [1.807, 2.05) is 0 Å². The minimum atomic E-state index is -1.27. The van der Waals surface area contributed by atoms with Crippen molar-refractivity contribution >= 4 is 5.91 Å². The summed E-state index contributed by atoms with van der Waals surface area (Å²) in [7, 11) is 0. The predicted octanol–water partition coefficient (Wildman–Crippen LogP) is 8.28. The van der Waals surface area contributed by atoms with Crippen LogP contribution < -0.4 is 5.32 Å². The molecule has 0 rings (SSSR count). The Labute approximate surface area is 260 Å². The summed E-state index contributed by atoms with van der Waals surface area (Å²) in [5.74, 6) is -0.595. The van der Waals surface area contributed by atoms with E-state index in [4.69, 9.17) is 0 Å². The quantitative estimate of drug-likeness (QED) is 0.0396. The average Bonchev–Trinajstić information content (AvgIpc) is 2.99. The van der Waals surface area contributed by atoms with E-state index < -0.39 is 36.9 Å². The third kappa shape index (κ3) is 25.5. The lowest BCUT2D eigenvalue weighted by Crippen LogP contribution is -2.53. The molecule has 0 aromatic carbocycles. The summed E-state index contributed by atoms with van der Waals surface area (Å²) in [6.45, 7) is 3.96. The summed E-state index contributed by atoms with van der Waals surface area (Å²) in [6, 6.07) is -0.993. The Morgan fingerprint density at radius 2 is 0.976 bits per heavy atom. The number of hydrogen-bond acceptors (Lipinski definition) is 5. The second-order valence-corrected chi connectivity index (χ2v) is 12.6. The number of carbonyl (C=O) groups is 1. The zero-order valence-corrected chi connectivity index (χ0v) is 27.8. The van der Waals surface area contributed by atoms with Crippen LogP contribution in [0.25, 0.3) is 0 Å². The van der Waals surface area contributed by atoms with Crippen molar-refractivity contribution in [2.24, 2.45) is 0 Å². The zero-order chi connectivity index (χ0) is 31.1. The summed E-state index contributed by atoms with van der Waals surface area (Å²) in [4.78, 5) is 12.4. The minimum absolute atomic E-state index is 0.367. The molecule has 1 amide bonds. The van der Waals surface area contributed by atoms with Gasteiger partial charge >= 0.3 is 0 Å². The first-order valence-electron chi connectivity index (χ1n) is 18.1. The van der Waals surface area contributed by atoms with Crippen LogP contribution in [-0.4, -0.2) is 57.3 Å². The van der Waals surface area contributed by atoms with Crippen LogP contribution in [0.5, 0.6) is 0 Å². The number of nitrogens with one attached hydrogen (secondary N) is 1. The van der Waals surface area contributed by atoms with Crippen molar-refractivity contribution in [3.63, 3.8) is 0 Å². The average molecular weight is 598 g/mol. The lowest BCUT2D eigenvalue weighted by Gasteiger charge is -2.27. The molecule has 0 heterocycles. The third-order valence-corrected chi connectivity index (χ3v) is 8.48. The first-order valence-corrected chi connectivity index (χ1v) is 18.1. The highest BCUT2D eigenvalue weighted by Gasteiger charge is 2.28. The fourth-order valence-electron chi connectivity index (χ4n) is 5.52. The van der Waals surface area contributed by atoms with Gasteiger partial charge in [0.1, 0.15) is 12.2 Å². The molecular formula is C36H71NO5. The topological polar surface area (TPSA) is 110 Å². The van der Waals surface area contributed by atoms with E-state index in [1.54, 1.807) is 0 Å². The summed E-state index contributed by atoms with van der Waals surface area (Å²) in [5, 5.41) is 43.2. The molecule has 6 nitrogen and oxygen atoms in total. The van der Waals surface area contributed by atoms with Crippen molar-refractivity contribution < 1.29 is 25.2 Å². The molecule has 4 unspecified atom stereocenters. The number of aliphatic hydroxyl groups excluding tert-OH is 4. The number of carbonyl (C=O) groups excluding carboxylic acids is 1. The molecule has 0 bridgehead atoms. The zero-order valence-electron chi connectivity index (χ0n) is 27.8. The van der Waals surface area contributed by atoms with Gasteiger partial charge in [0.05, 0.1) is 18.8 Å². The van der Waals surface area contributed by atoms with Crippen molar-refractivity contribution in [2.45, 2.75) is 205 Å². The van der Waals surface area contributed by atoms with E-state index in [1.165, 1.54) is 116 Å². The number of amides is 1. The Balaban J connectivity index is 3.75. The Kier molecular flexibility index (Phi) is 30.8. The highest BCUT2D eigenvalue weighted by atomic mass is 16.3. The second kappa shape index (κ2) is 31.5. The van der Waals surface area contributed by atoms with Gasteiger partial charge in [-0.05, 0) is 38.5 Å². The molecular weight excluding hydrogens is 526 g/mol. The third-order valence-electron chi connectivity index (χ3n) is 8.48. The van der Waals surface area contributed by atoms with Gasteiger partial charge in [-0.15, -0.1) is 0 Å². The largest absolute Gasteiger partial charge is 0.394 e.